The van der Waals surface area contributed by atoms with Crippen LogP contribution in [-0.2, 0) is 11.3 Å². The van der Waals surface area contributed by atoms with E-state index in [0.29, 0.717) is 12.1 Å². The highest BCUT2D eigenvalue weighted by atomic mass is 19.1. The Morgan fingerprint density at radius 1 is 1.47 bits per heavy atom. The van der Waals surface area contributed by atoms with Gasteiger partial charge in [0, 0.05) is 24.2 Å². The van der Waals surface area contributed by atoms with Gasteiger partial charge in [-0.05, 0) is 31.2 Å². The van der Waals surface area contributed by atoms with Crippen LogP contribution in [0.15, 0.2) is 18.2 Å². The Labute approximate surface area is 110 Å². The van der Waals surface area contributed by atoms with E-state index in [9.17, 15) is 14.0 Å². The van der Waals surface area contributed by atoms with Crippen LogP contribution in [0.2, 0.25) is 0 Å². The molecule has 0 atom stereocenters. The zero-order chi connectivity index (χ0) is 13.8. The van der Waals surface area contributed by atoms with Crippen LogP contribution in [0.25, 0.3) is 0 Å². The maximum absolute atomic E-state index is 13.7. The first-order valence-electron chi connectivity index (χ1n) is 6.14. The second-order valence-electron chi connectivity index (χ2n) is 4.52. The summed E-state index contributed by atoms with van der Waals surface area (Å²) in [6, 6.07) is 3.95. The van der Waals surface area contributed by atoms with Crippen molar-refractivity contribution in [3.05, 3.63) is 35.1 Å². The predicted molar refractivity (Wildman–Crippen MR) is 67.8 cm³/mol. The summed E-state index contributed by atoms with van der Waals surface area (Å²) in [6.07, 6.45) is 0.822. The highest BCUT2D eigenvalue weighted by molar-refractivity contribution is 5.92. The van der Waals surface area contributed by atoms with Crippen molar-refractivity contribution in [2.45, 2.75) is 13.0 Å². The van der Waals surface area contributed by atoms with Crippen LogP contribution in [0.5, 0.6) is 0 Å². The van der Waals surface area contributed by atoms with Crippen LogP contribution in [0.3, 0.4) is 0 Å². The van der Waals surface area contributed by atoms with E-state index in [0.717, 1.165) is 13.0 Å². The lowest BCUT2D eigenvalue weighted by Crippen LogP contribution is -2.34. The van der Waals surface area contributed by atoms with E-state index in [4.69, 9.17) is 5.73 Å². The number of amides is 2. The third kappa shape index (κ3) is 3.29. The Hall–Kier alpha value is -1.95. The van der Waals surface area contributed by atoms with E-state index < -0.39 is 11.7 Å². The lowest BCUT2D eigenvalue weighted by atomic mass is 10.1. The Bertz CT molecular complexity index is 505. The minimum atomic E-state index is -0.606. The van der Waals surface area contributed by atoms with Gasteiger partial charge in [0.2, 0.25) is 11.8 Å². The predicted octanol–water partition coefficient (Wildman–Crippen LogP) is 0.246. The van der Waals surface area contributed by atoms with Crippen molar-refractivity contribution in [1.29, 1.82) is 0 Å². The third-order valence-corrected chi connectivity index (χ3v) is 3.10. The monoisotopic (exact) mass is 265 g/mol. The first kappa shape index (κ1) is 13.5. The molecule has 0 aliphatic carbocycles. The van der Waals surface area contributed by atoms with Gasteiger partial charge >= 0.3 is 0 Å². The summed E-state index contributed by atoms with van der Waals surface area (Å²) in [6.45, 7) is 1.77. The molecular formula is C13H16FN3O2. The fourth-order valence-electron chi connectivity index (χ4n) is 2.05. The molecule has 1 aliphatic rings. The van der Waals surface area contributed by atoms with Crippen LogP contribution in [-0.4, -0.2) is 36.3 Å². The molecule has 19 heavy (non-hydrogen) atoms. The van der Waals surface area contributed by atoms with Gasteiger partial charge in [-0.3, -0.25) is 9.59 Å². The molecule has 0 aromatic heterocycles. The Kier molecular flexibility index (Phi) is 4.11. The number of carbonyl (C=O) groups excluding carboxylic acids is 2. The largest absolute Gasteiger partial charge is 0.366 e. The summed E-state index contributed by atoms with van der Waals surface area (Å²) < 4.78 is 13.7. The number of rotatable bonds is 3. The number of hydrogen-bond acceptors (Lipinski definition) is 3. The molecule has 1 aliphatic heterocycles. The van der Waals surface area contributed by atoms with E-state index in [2.05, 4.69) is 5.32 Å². The fourth-order valence-corrected chi connectivity index (χ4v) is 2.05. The van der Waals surface area contributed by atoms with Crippen molar-refractivity contribution in [2.75, 3.05) is 19.6 Å². The van der Waals surface area contributed by atoms with Gasteiger partial charge in [0.1, 0.15) is 5.82 Å². The van der Waals surface area contributed by atoms with Gasteiger partial charge in [0.25, 0.3) is 0 Å². The lowest BCUT2D eigenvalue weighted by Gasteiger charge is -2.20. The first-order chi connectivity index (χ1) is 9.08. The maximum Gasteiger partial charge on any atom is 0.248 e. The zero-order valence-corrected chi connectivity index (χ0v) is 10.5. The molecule has 0 saturated carbocycles. The molecule has 102 valence electrons. The van der Waals surface area contributed by atoms with E-state index in [1.165, 1.54) is 18.2 Å². The Balaban J connectivity index is 2.19. The van der Waals surface area contributed by atoms with Gasteiger partial charge in [-0.25, -0.2) is 4.39 Å². The standard InChI is InChI=1S/C13H16FN3O2/c14-11-3-2-9(13(15)19)6-10(11)8-17-5-1-4-16-7-12(17)18/h2-3,6,16H,1,4-5,7-8H2,(H2,15,19). The number of primary amides is 1. The maximum atomic E-state index is 13.7. The summed E-state index contributed by atoms with van der Waals surface area (Å²) in [5.41, 5.74) is 5.72. The second-order valence-corrected chi connectivity index (χ2v) is 4.52. The summed E-state index contributed by atoms with van der Waals surface area (Å²) >= 11 is 0. The van der Waals surface area contributed by atoms with Crippen LogP contribution in [0.1, 0.15) is 22.3 Å². The molecule has 5 nitrogen and oxygen atoms in total. The molecule has 1 aromatic rings. The smallest absolute Gasteiger partial charge is 0.248 e. The van der Waals surface area contributed by atoms with Crippen molar-refractivity contribution >= 4 is 11.8 Å². The molecule has 0 unspecified atom stereocenters. The van der Waals surface area contributed by atoms with Gasteiger partial charge in [0.15, 0.2) is 0 Å². The minimum Gasteiger partial charge on any atom is -0.366 e. The molecule has 1 heterocycles. The molecule has 3 N–H and O–H groups in total. The third-order valence-electron chi connectivity index (χ3n) is 3.10. The van der Waals surface area contributed by atoms with Crippen LogP contribution in [0.4, 0.5) is 4.39 Å². The number of benzene rings is 1. The molecule has 1 saturated heterocycles. The zero-order valence-electron chi connectivity index (χ0n) is 10.5. The number of hydrogen-bond donors (Lipinski definition) is 2. The van der Waals surface area contributed by atoms with E-state index >= 15 is 0 Å². The molecule has 0 spiro atoms. The quantitative estimate of drug-likeness (QED) is 0.822. The van der Waals surface area contributed by atoms with Crippen LogP contribution >= 0.6 is 0 Å². The van der Waals surface area contributed by atoms with Crippen molar-refractivity contribution < 1.29 is 14.0 Å². The van der Waals surface area contributed by atoms with E-state index in [1.807, 2.05) is 0 Å². The number of halogens is 1. The summed E-state index contributed by atoms with van der Waals surface area (Å²) in [5.74, 6) is -1.11. The molecule has 0 bridgehead atoms. The SMILES string of the molecule is NC(=O)c1ccc(F)c(CN2CCCNCC2=O)c1. The number of carbonyl (C=O) groups is 2. The van der Waals surface area contributed by atoms with Crippen LogP contribution < -0.4 is 11.1 Å². The molecule has 6 heteroatoms. The molecular weight excluding hydrogens is 249 g/mol. The fraction of sp³-hybridized carbons (Fsp3) is 0.385. The van der Waals surface area contributed by atoms with E-state index in [1.54, 1.807) is 4.90 Å². The van der Waals surface area contributed by atoms with Gasteiger partial charge in [-0.1, -0.05) is 0 Å². The highest BCUT2D eigenvalue weighted by Gasteiger charge is 2.18. The Morgan fingerprint density at radius 3 is 3.00 bits per heavy atom. The van der Waals surface area contributed by atoms with Crippen LogP contribution in [0, 0.1) is 5.82 Å². The van der Waals surface area contributed by atoms with Gasteiger partial charge in [0.05, 0.1) is 6.54 Å². The van der Waals surface area contributed by atoms with Crippen molar-refractivity contribution in [2.24, 2.45) is 5.73 Å². The lowest BCUT2D eigenvalue weighted by molar-refractivity contribution is -0.130. The summed E-state index contributed by atoms with van der Waals surface area (Å²) in [5, 5.41) is 3.00. The van der Waals surface area contributed by atoms with E-state index in [-0.39, 0.29) is 24.6 Å². The Morgan fingerprint density at radius 2 is 2.26 bits per heavy atom. The molecule has 2 rings (SSSR count). The normalized spacial score (nSPS) is 16.3. The molecule has 2 amide bonds. The number of nitrogens with one attached hydrogen (secondary N) is 1. The topological polar surface area (TPSA) is 75.4 Å². The van der Waals surface area contributed by atoms with Crippen molar-refractivity contribution in [3.8, 4) is 0 Å². The minimum absolute atomic E-state index is 0.0682. The number of nitrogens with zero attached hydrogens (tertiary/aromatic N) is 1. The van der Waals surface area contributed by atoms with Gasteiger partial charge < -0.3 is 16.0 Å². The first-order valence-corrected chi connectivity index (χ1v) is 6.14. The average Bonchev–Trinajstić information content (AvgIpc) is 2.57. The van der Waals surface area contributed by atoms with Gasteiger partial charge in [-0.15, -0.1) is 0 Å². The number of nitrogens with two attached hydrogens (primary N) is 1. The highest BCUT2D eigenvalue weighted by Crippen LogP contribution is 2.14. The second kappa shape index (κ2) is 5.79. The average molecular weight is 265 g/mol. The van der Waals surface area contributed by atoms with Gasteiger partial charge in [-0.2, -0.15) is 0 Å². The summed E-state index contributed by atoms with van der Waals surface area (Å²) in [4.78, 5) is 24.5. The van der Waals surface area contributed by atoms with Crippen molar-refractivity contribution in [1.82, 2.24) is 10.2 Å². The van der Waals surface area contributed by atoms with Crippen molar-refractivity contribution in [3.63, 3.8) is 0 Å². The molecule has 1 fully saturated rings. The molecule has 0 radical (unpaired) electrons. The summed E-state index contributed by atoms with van der Waals surface area (Å²) in [7, 11) is 0. The molecule has 1 aromatic carbocycles.